The van der Waals surface area contributed by atoms with Gasteiger partial charge in [0.1, 0.15) is 11.9 Å². The van der Waals surface area contributed by atoms with Crippen LogP contribution in [-0.4, -0.2) is 41.6 Å². The molecule has 26 heavy (non-hydrogen) atoms. The molecule has 0 aliphatic carbocycles. The average molecular weight is 366 g/mol. The summed E-state index contributed by atoms with van der Waals surface area (Å²) in [6.07, 6.45) is -2.33. The number of amides is 1. The molecule has 0 N–H and O–H groups in total. The van der Waals surface area contributed by atoms with Crippen LogP contribution in [0.2, 0.25) is 0 Å². The zero-order chi connectivity index (χ0) is 18.6. The van der Waals surface area contributed by atoms with Gasteiger partial charge < -0.3 is 14.4 Å². The van der Waals surface area contributed by atoms with Crippen molar-refractivity contribution in [2.45, 2.75) is 18.7 Å². The van der Waals surface area contributed by atoms with E-state index in [1.807, 2.05) is 6.07 Å². The van der Waals surface area contributed by atoms with Gasteiger partial charge in [-0.25, -0.2) is 4.98 Å². The first-order chi connectivity index (χ1) is 12.4. The molecule has 0 radical (unpaired) electrons. The molecule has 0 spiro atoms. The Labute approximate surface area is 148 Å². The van der Waals surface area contributed by atoms with E-state index in [2.05, 4.69) is 4.98 Å². The van der Waals surface area contributed by atoms with Gasteiger partial charge >= 0.3 is 6.18 Å². The number of rotatable bonds is 5. The number of alkyl halides is 3. The molecule has 0 bridgehead atoms. The first kappa shape index (κ1) is 18.0. The highest BCUT2D eigenvalue weighted by Crippen LogP contribution is 2.31. The van der Waals surface area contributed by atoms with Crippen LogP contribution in [0, 0.1) is 0 Å². The van der Waals surface area contributed by atoms with Crippen LogP contribution in [0.25, 0.3) is 0 Å². The summed E-state index contributed by atoms with van der Waals surface area (Å²) in [4.78, 5) is 17.9. The molecule has 2 aromatic rings. The normalized spacial score (nSPS) is 17.2. The van der Waals surface area contributed by atoms with Crippen molar-refractivity contribution >= 4 is 5.91 Å². The van der Waals surface area contributed by atoms with Gasteiger partial charge in [0.15, 0.2) is 6.61 Å². The third-order valence-corrected chi connectivity index (χ3v) is 3.95. The van der Waals surface area contributed by atoms with Crippen molar-refractivity contribution in [2.24, 2.45) is 0 Å². The predicted molar refractivity (Wildman–Crippen MR) is 86.8 cm³/mol. The highest BCUT2D eigenvalue weighted by molar-refractivity contribution is 5.78. The zero-order valence-corrected chi connectivity index (χ0v) is 13.8. The van der Waals surface area contributed by atoms with Crippen LogP contribution >= 0.6 is 0 Å². The number of carbonyl (C=O) groups is 1. The Bertz CT molecular complexity index is 753. The molecule has 5 nitrogen and oxygen atoms in total. The second-order valence-corrected chi connectivity index (χ2v) is 5.85. The topological polar surface area (TPSA) is 51.7 Å². The van der Waals surface area contributed by atoms with Crippen LogP contribution in [0.4, 0.5) is 13.2 Å². The number of likely N-dealkylation sites (tertiary alicyclic amines) is 1. The van der Waals surface area contributed by atoms with E-state index >= 15 is 0 Å². The Balaban J connectivity index is 1.50. The monoisotopic (exact) mass is 366 g/mol. The second kappa shape index (κ2) is 7.63. The number of benzene rings is 1. The summed E-state index contributed by atoms with van der Waals surface area (Å²) < 4.78 is 49.0. The SMILES string of the molecule is O=C(COc1cccc(C(F)(F)F)c1)N1CC[C@@H](Oc2ccccn2)C1. The standard InChI is InChI=1S/C18H17F3N2O3/c19-18(20,21)13-4-3-5-14(10-13)25-12-17(24)23-9-7-15(11-23)26-16-6-1-2-8-22-16/h1-6,8,10,15H,7,9,11-12H2/t15-/m1/s1. The maximum absolute atomic E-state index is 12.7. The molecule has 0 saturated carbocycles. The molecule has 8 heteroatoms. The van der Waals surface area contributed by atoms with Crippen molar-refractivity contribution in [3.8, 4) is 11.6 Å². The minimum Gasteiger partial charge on any atom is -0.484 e. The summed E-state index contributed by atoms with van der Waals surface area (Å²) in [5.41, 5.74) is -0.813. The molecule has 138 valence electrons. The minimum atomic E-state index is -4.45. The maximum Gasteiger partial charge on any atom is 0.416 e. The van der Waals surface area contributed by atoms with Gasteiger partial charge in [-0.15, -0.1) is 0 Å². The molecule has 1 aliphatic rings. The van der Waals surface area contributed by atoms with E-state index in [9.17, 15) is 18.0 Å². The van der Waals surface area contributed by atoms with Crippen molar-refractivity contribution in [3.05, 3.63) is 54.2 Å². The van der Waals surface area contributed by atoms with Crippen molar-refractivity contribution in [1.29, 1.82) is 0 Å². The average Bonchev–Trinajstić information content (AvgIpc) is 3.09. The van der Waals surface area contributed by atoms with Gasteiger partial charge in [0.05, 0.1) is 12.1 Å². The summed E-state index contributed by atoms with van der Waals surface area (Å²) in [5.74, 6) is 0.204. The van der Waals surface area contributed by atoms with Gasteiger partial charge in [-0.3, -0.25) is 4.79 Å². The van der Waals surface area contributed by atoms with Gasteiger partial charge in [-0.1, -0.05) is 12.1 Å². The van der Waals surface area contributed by atoms with E-state index in [1.54, 1.807) is 23.2 Å². The molecule has 1 fully saturated rings. The fourth-order valence-electron chi connectivity index (χ4n) is 2.64. The van der Waals surface area contributed by atoms with Gasteiger partial charge in [-0.05, 0) is 24.3 Å². The number of hydrogen-bond acceptors (Lipinski definition) is 4. The molecule has 1 aromatic carbocycles. The third kappa shape index (κ3) is 4.65. The van der Waals surface area contributed by atoms with Crippen LogP contribution in [0.15, 0.2) is 48.7 Å². The Morgan fingerprint density at radius 2 is 2.08 bits per heavy atom. The largest absolute Gasteiger partial charge is 0.484 e. The van der Waals surface area contributed by atoms with Crippen molar-refractivity contribution < 1.29 is 27.4 Å². The van der Waals surface area contributed by atoms with Crippen LogP contribution < -0.4 is 9.47 Å². The summed E-state index contributed by atoms with van der Waals surface area (Å²) >= 11 is 0. The Morgan fingerprint density at radius 3 is 2.81 bits per heavy atom. The Kier molecular flexibility index (Phi) is 5.29. The quantitative estimate of drug-likeness (QED) is 0.816. The van der Waals surface area contributed by atoms with Crippen molar-refractivity contribution in [1.82, 2.24) is 9.88 Å². The number of aromatic nitrogens is 1. The van der Waals surface area contributed by atoms with Crippen LogP contribution in [0.5, 0.6) is 11.6 Å². The van der Waals surface area contributed by atoms with Gasteiger partial charge in [-0.2, -0.15) is 13.2 Å². The lowest BCUT2D eigenvalue weighted by molar-refractivity contribution is -0.137. The number of carbonyl (C=O) groups excluding carboxylic acids is 1. The molecule has 1 saturated heterocycles. The molecule has 0 unspecified atom stereocenters. The molecule has 1 aromatic heterocycles. The second-order valence-electron chi connectivity index (χ2n) is 5.85. The van der Waals surface area contributed by atoms with Crippen LogP contribution in [-0.2, 0) is 11.0 Å². The first-order valence-electron chi connectivity index (χ1n) is 8.07. The molecule has 1 atom stereocenters. The first-order valence-corrected chi connectivity index (χ1v) is 8.07. The number of ether oxygens (including phenoxy) is 2. The van der Waals surface area contributed by atoms with E-state index in [4.69, 9.17) is 9.47 Å². The van der Waals surface area contributed by atoms with Crippen LogP contribution in [0.3, 0.4) is 0 Å². The molecule has 1 aliphatic heterocycles. The molecule has 3 rings (SSSR count). The van der Waals surface area contributed by atoms with Crippen LogP contribution in [0.1, 0.15) is 12.0 Å². The molecule has 2 heterocycles. The van der Waals surface area contributed by atoms with E-state index in [1.165, 1.54) is 12.1 Å². The fourth-order valence-corrected chi connectivity index (χ4v) is 2.64. The van der Waals surface area contributed by atoms with E-state index in [0.717, 1.165) is 12.1 Å². The van der Waals surface area contributed by atoms with E-state index in [0.29, 0.717) is 25.4 Å². The van der Waals surface area contributed by atoms with Crippen molar-refractivity contribution in [3.63, 3.8) is 0 Å². The number of pyridine rings is 1. The number of hydrogen-bond donors (Lipinski definition) is 0. The Morgan fingerprint density at radius 1 is 1.23 bits per heavy atom. The lowest BCUT2D eigenvalue weighted by Gasteiger charge is -2.17. The third-order valence-electron chi connectivity index (χ3n) is 3.95. The number of nitrogens with zero attached hydrogens (tertiary/aromatic N) is 2. The predicted octanol–water partition coefficient (Wildman–Crippen LogP) is 3.16. The van der Waals surface area contributed by atoms with Gasteiger partial charge in [0.2, 0.25) is 5.88 Å². The highest BCUT2D eigenvalue weighted by Gasteiger charge is 2.31. The summed E-state index contributed by atoms with van der Waals surface area (Å²) in [6, 6.07) is 9.79. The fraction of sp³-hybridized carbons (Fsp3) is 0.333. The maximum atomic E-state index is 12.7. The highest BCUT2D eigenvalue weighted by atomic mass is 19.4. The van der Waals surface area contributed by atoms with Gasteiger partial charge in [0.25, 0.3) is 5.91 Å². The minimum absolute atomic E-state index is 0.00802. The summed E-state index contributed by atoms with van der Waals surface area (Å²) in [6.45, 7) is 0.571. The Hall–Kier alpha value is -2.77. The summed E-state index contributed by atoms with van der Waals surface area (Å²) in [5, 5.41) is 0. The molecule has 1 amide bonds. The van der Waals surface area contributed by atoms with Gasteiger partial charge in [0, 0.05) is 25.2 Å². The van der Waals surface area contributed by atoms with E-state index in [-0.39, 0.29) is 24.4 Å². The van der Waals surface area contributed by atoms with Crippen molar-refractivity contribution in [2.75, 3.05) is 19.7 Å². The molecular formula is C18H17F3N2O3. The summed E-state index contributed by atoms with van der Waals surface area (Å²) in [7, 11) is 0. The van der Waals surface area contributed by atoms with E-state index < -0.39 is 11.7 Å². The smallest absolute Gasteiger partial charge is 0.416 e. The molecular weight excluding hydrogens is 349 g/mol. The zero-order valence-electron chi connectivity index (χ0n) is 13.8. The lowest BCUT2D eigenvalue weighted by atomic mass is 10.2. The lowest BCUT2D eigenvalue weighted by Crippen LogP contribution is -2.34. The number of halogens is 3.